The van der Waals surface area contributed by atoms with E-state index >= 15 is 0 Å². The van der Waals surface area contributed by atoms with Crippen LogP contribution in [0.25, 0.3) is 0 Å². The minimum atomic E-state index is -0.395. The second kappa shape index (κ2) is 7.76. The Morgan fingerprint density at radius 1 is 1.10 bits per heavy atom. The average molecular weight is 400 g/mol. The molecule has 0 aliphatic carbocycles. The number of carbonyl (C=O) groups is 3. The standard InChI is InChI=1S/C21H28N4O4/c1-15(26)22-8-7-19(28)24-13-21(14-24)12-23(10-17-9-18(27)11-25(17)21)20(29)16-5-3-2-4-6-16/h2-6,17-18,27H,7-14H2,1H3,(H,22,26)/t17-,18+/m0/s1. The largest absolute Gasteiger partial charge is 0.392 e. The number of likely N-dealkylation sites (tertiary alicyclic amines) is 1. The van der Waals surface area contributed by atoms with Crippen LogP contribution in [0.4, 0.5) is 0 Å². The van der Waals surface area contributed by atoms with Gasteiger partial charge in [0.25, 0.3) is 5.91 Å². The maximum absolute atomic E-state index is 13.0. The normalized spacial score (nSPS) is 25.4. The van der Waals surface area contributed by atoms with Crippen LogP contribution in [0.1, 0.15) is 30.1 Å². The van der Waals surface area contributed by atoms with E-state index in [2.05, 4.69) is 10.2 Å². The van der Waals surface area contributed by atoms with Crippen LogP contribution < -0.4 is 5.32 Å². The lowest BCUT2D eigenvalue weighted by Gasteiger charge is -2.60. The van der Waals surface area contributed by atoms with Crippen molar-refractivity contribution >= 4 is 17.7 Å². The van der Waals surface area contributed by atoms with Crippen molar-refractivity contribution in [3.8, 4) is 0 Å². The molecule has 8 nitrogen and oxygen atoms in total. The highest BCUT2D eigenvalue weighted by molar-refractivity contribution is 5.94. The molecule has 0 aromatic heterocycles. The fourth-order valence-corrected chi connectivity index (χ4v) is 4.95. The first kappa shape index (κ1) is 19.8. The van der Waals surface area contributed by atoms with Crippen molar-refractivity contribution in [2.24, 2.45) is 0 Å². The molecule has 3 heterocycles. The van der Waals surface area contributed by atoms with E-state index in [4.69, 9.17) is 0 Å². The maximum Gasteiger partial charge on any atom is 0.253 e. The van der Waals surface area contributed by atoms with Gasteiger partial charge in [0, 0.05) is 64.2 Å². The number of amides is 3. The Labute approximate surface area is 170 Å². The molecule has 3 saturated heterocycles. The molecule has 4 rings (SSSR count). The van der Waals surface area contributed by atoms with Gasteiger partial charge in [-0.3, -0.25) is 19.3 Å². The molecule has 156 valence electrons. The predicted molar refractivity (Wildman–Crippen MR) is 106 cm³/mol. The van der Waals surface area contributed by atoms with Crippen molar-refractivity contribution in [1.82, 2.24) is 20.0 Å². The fraction of sp³-hybridized carbons (Fsp3) is 0.571. The highest BCUT2D eigenvalue weighted by atomic mass is 16.3. The summed E-state index contributed by atoms with van der Waals surface area (Å²) in [7, 11) is 0. The number of benzene rings is 1. The quantitative estimate of drug-likeness (QED) is 0.723. The smallest absolute Gasteiger partial charge is 0.253 e. The van der Waals surface area contributed by atoms with Gasteiger partial charge in [-0.05, 0) is 18.6 Å². The van der Waals surface area contributed by atoms with Crippen molar-refractivity contribution in [1.29, 1.82) is 0 Å². The topological polar surface area (TPSA) is 93.2 Å². The number of fused-ring (bicyclic) bond motifs is 2. The van der Waals surface area contributed by atoms with Gasteiger partial charge in [0.15, 0.2) is 0 Å². The Morgan fingerprint density at radius 3 is 2.48 bits per heavy atom. The molecular formula is C21H28N4O4. The lowest BCUT2D eigenvalue weighted by atomic mass is 9.83. The Kier molecular flexibility index (Phi) is 5.31. The third-order valence-electron chi connectivity index (χ3n) is 6.26. The third-order valence-corrected chi connectivity index (χ3v) is 6.26. The van der Waals surface area contributed by atoms with Crippen LogP contribution in [0.15, 0.2) is 30.3 Å². The molecule has 1 aromatic rings. The summed E-state index contributed by atoms with van der Waals surface area (Å²) >= 11 is 0. The van der Waals surface area contributed by atoms with Gasteiger partial charge >= 0.3 is 0 Å². The van der Waals surface area contributed by atoms with Gasteiger partial charge < -0.3 is 20.2 Å². The molecule has 8 heteroatoms. The van der Waals surface area contributed by atoms with Crippen molar-refractivity contribution in [3.05, 3.63) is 35.9 Å². The van der Waals surface area contributed by atoms with Gasteiger partial charge in [0.1, 0.15) is 0 Å². The molecule has 3 aliphatic heterocycles. The van der Waals surface area contributed by atoms with Gasteiger partial charge in [-0.1, -0.05) is 18.2 Å². The van der Waals surface area contributed by atoms with E-state index in [9.17, 15) is 19.5 Å². The Bertz CT molecular complexity index is 793. The summed E-state index contributed by atoms with van der Waals surface area (Å²) in [5, 5.41) is 12.9. The highest BCUT2D eigenvalue weighted by Gasteiger charge is 2.57. The number of rotatable bonds is 4. The number of piperazine rings is 1. The average Bonchev–Trinajstić information content (AvgIpc) is 3.05. The van der Waals surface area contributed by atoms with E-state index in [0.717, 1.165) is 0 Å². The number of carbonyl (C=O) groups excluding carboxylic acids is 3. The highest BCUT2D eigenvalue weighted by Crippen LogP contribution is 2.39. The van der Waals surface area contributed by atoms with Crippen molar-refractivity contribution in [2.45, 2.75) is 37.5 Å². The summed E-state index contributed by atoms with van der Waals surface area (Å²) in [6.45, 7) is 4.61. The van der Waals surface area contributed by atoms with Crippen molar-refractivity contribution < 1.29 is 19.5 Å². The Hall–Kier alpha value is -2.45. The number of nitrogens with zero attached hydrogens (tertiary/aromatic N) is 3. The van der Waals surface area contributed by atoms with E-state index < -0.39 is 6.10 Å². The lowest BCUT2D eigenvalue weighted by molar-refractivity contribution is -0.154. The second-order valence-electron chi connectivity index (χ2n) is 8.45. The van der Waals surface area contributed by atoms with Crippen LogP contribution in [-0.4, -0.2) is 94.5 Å². The van der Waals surface area contributed by atoms with E-state index in [1.54, 1.807) is 4.90 Å². The first-order valence-electron chi connectivity index (χ1n) is 10.2. The van der Waals surface area contributed by atoms with Crippen LogP contribution in [0.5, 0.6) is 0 Å². The zero-order chi connectivity index (χ0) is 20.6. The zero-order valence-corrected chi connectivity index (χ0v) is 16.7. The van der Waals surface area contributed by atoms with Crippen LogP contribution >= 0.6 is 0 Å². The molecule has 0 unspecified atom stereocenters. The first-order chi connectivity index (χ1) is 13.9. The zero-order valence-electron chi connectivity index (χ0n) is 16.7. The van der Waals surface area contributed by atoms with Gasteiger partial charge in [-0.2, -0.15) is 0 Å². The maximum atomic E-state index is 13.0. The van der Waals surface area contributed by atoms with Crippen LogP contribution in [-0.2, 0) is 9.59 Å². The Morgan fingerprint density at radius 2 is 1.79 bits per heavy atom. The number of nitrogens with one attached hydrogen (secondary N) is 1. The van der Waals surface area contributed by atoms with E-state index in [-0.39, 0.29) is 35.7 Å². The molecule has 1 aromatic carbocycles. The van der Waals surface area contributed by atoms with Crippen LogP contribution in [0.2, 0.25) is 0 Å². The van der Waals surface area contributed by atoms with Crippen molar-refractivity contribution in [3.63, 3.8) is 0 Å². The summed E-state index contributed by atoms with van der Waals surface area (Å²) in [6.07, 6.45) is 0.527. The minimum Gasteiger partial charge on any atom is -0.392 e. The minimum absolute atomic E-state index is 0.00134. The predicted octanol–water partition coefficient (Wildman–Crippen LogP) is -0.315. The summed E-state index contributed by atoms with van der Waals surface area (Å²) in [5.41, 5.74) is 0.367. The first-order valence-corrected chi connectivity index (χ1v) is 10.2. The monoisotopic (exact) mass is 400 g/mol. The summed E-state index contributed by atoms with van der Waals surface area (Å²) < 4.78 is 0. The molecule has 0 radical (unpaired) electrons. The third kappa shape index (κ3) is 3.86. The van der Waals surface area contributed by atoms with Gasteiger partial charge in [-0.25, -0.2) is 0 Å². The molecule has 2 atom stereocenters. The van der Waals surface area contributed by atoms with Crippen molar-refractivity contribution in [2.75, 3.05) is 39.3 Å². The lowest BCUT2D eigenvalue weighted by Crippen LogP contribution is -2.79. The summed E-state index contributed by atoms with van der Waals surface area (Å²) in [6, 6.07) is 9.37. The molecule has 29 heavy (non-hydrogen) atoms. The molecule has 3 fully saturated rings. The van der Waals surface area contributed by atoms with Gasteiger partial charge in [0.05, 0.1) is 11.6 Å². The second-order valence-corrected chi connectivity index (χ2v) is 8.45. The van der Waals surface area contributed by atoms with E-state index in [0.29, 0.717) is 51.3 Å². The number of aliphatic hydroxyl groups excluding tert-OH is 1. The number of hydrogen-bond acceptors (Lipinski definition) is 5. The molecule has 3 amide bonds. The molecule has 2 N–H and O–H groups in total. The summed E-state index contributed by atoms with van der Waals surface area (Å²) in [4.78, 5) is 42.5. The fourth-order valence-electron chi connectivity index (χ4n) is 4.95. The van der Waals surface area contributed by atoms with Crippen LogP contribution in [0, 0.1) is 0 Å². The van der Waals surface area contributed by atoms with E-state index in [1.165, 1.54) is 6.92 Å². The van der Waals surface area contributed by atoms with E-state index in [1.807, 2.05) is 35.2 Å². The molecule has 3 aliphatic rings. The molecule has 0 bridgehead atoms. The molecule has 1 spiro atoms. The number of aliphatic hydroxyl groups is 1. The van der Waals surface area contributed by atoms with Gasteiger partial charge in [-0.15, -0.1) is 0 Å². The Balaban J connectivity index is 1.45. The SMILES string of the molecule is CC(=O)NCCC(=O)N1CC2(C1)CN(C(=O)c1ccccc1)C[C@@H]1C[C@@H](O)CN12. The molecule has 0 saturated carbocycles. The molecular weight excluding hydrogens is 372 g/mol. The summed E-state index contributed by atoms with van der Waals surface area (Å²) in [5.74, 6) is -0.136. The van der Waals surface area contributed by atoms with Crippen LogP contribution in [0.3, 0.4) is 0 Å². The van der Waals surface area contributed by atoms with Gasteiger partial charge in [0.2, 0.25) is 11.8 Å². The number of β-amino-alcohol motifs (C(OH)–C–C–N with tert-alkyl or cyclic N) is 1. The number of hydrogen-bond donors (Lipinski definition) is 2.